The third-order valence-corrected chi connectivity index (χ3v) is 10.4. The van der Waals surface area contributed by atoms with E-state index in [0.29, 0.717) is 30.0 Å². The Labute approximate surface area is 262 Å². The number of pyridine rings is 1. The quantitative estimate of drug-likeness (QED) is 0.0619. The number of amidine groups is 1. The molecule has 13 nitrogen and oxygen atoms in total. The molecule has 6 heterocycles. The summed E-state index contributed by atoms with van der Waals surface area (Å²) in [6.45, 7) is 0.924. The molecule has 16 heteroatoms. The number of carboxylic acids is 1. The molecule has 1 fully saturated rings. The predicted molar refractivity (Wildman–Crippen MR) is 168 cm³/mol. The van der Waals surface area contributed by atoms with Gasteiger partial charge in [-0.15, -0.1) is 34.4 Å². The summed E-state index contributed by atoms with van der Waals surface area (Å²) < 4.78 is 4.01. The molecule has 226 valence electrons. The fourth-order valence-electron chi connectivity index (χ4n) is 5.38. The lowest BCUT2D eigenvalue weighted by molar-refractivity contribution is -0.687. The van der Waals surface area contributed by atoms with Crippen LogP contribution in [-0.2, 0) is 32.3 Å². The van der Waals surface area contributed by atoms with E-state index in [1.807, 2.05) is 46.7 Å². The molecular weight excluding hydrogens is 625 g/mol. The number of thiazole rings is 1. The number of Topliss-reactive ketones (excluding diaryl/α,β-unsaturated/α-hetero) is 1. The van der Waals surface area contributed by atoms with Crippen LogP contribution in [0.25, 0.3) is 10.9 Å². The summed E-state index contributed by atoms with van der Waals surface area (Å²) in [4.78, 5) is 50.1. The zero-order valence-corrected chi connectivity index (χ0v) is 25.7. The van der Waals surface area contributed by atoms with Crippen molar-refractivity contribution in [2.45, 2.75) is 24.9 Å². The first-order valence-electron chi connectivity index (χ1n) is 13.3. The number of β-lactam (4-membered cyclic amide) rings is 1. The van der Waals surface area contributed by atoms with Crippen LogP contribution in [0.3, 0.4) is 0 Å². The number of amides is 1. The largest absolute Gasteiger partial charge is 0.477 e. The van der Waals surface area contributed by atoms with Gasteiger partial charge in [-0.2, -0.15) is 0 Å². The average Bonchev–Trinajstić information content (AvgIpc) is 3.74. The van der Waals surface area contributed by atoms with Gasteiger partial charge in [0.15, 0.2) is 35.6 Å². The number of carbonyl (C=O) groups excluding carboxylic acids is 2. The van der Waals surface area contributed by atoms with Crippen molar-refractivity contribution in [2.24, 2.45) is 16.8 Å². The van der Waals surface area contributed by atoms with Crippen LogP contribution < -0.4 is 16.0 Å². The smallest absolute Gasteiger partial charge is 0.352 e. The fraction of sp³-hybridized carbons (Fsp3) is 0.250. The molecule has 0 spiro atoms. The van der Waals surface area contributed by atoms with Gasteiger partial charge in [0.25, 0.3) is 0 Å². The van der Waals surface area contributed by atoms with E-state index in [0.717, 1.165) is 27.1 Å². The van der Waals surface area contributed by atoms with Gasteiger partial charge in [-0.05, 0) is 12.1 Å². The molecule has 2 aliphatic rings. The first kappa shape index (κ1) is 29.5. The highest BCUT2D eigenvalue weighted by Crippen LogP contribution is 2.45. The number of nitrogens with two attached hydrogens (primary N) is 2. The number of rotatable bonds is 11. The molecular formula is C28H27N8O5S3+. The van der Waals surface area contributed by atoms with E-state index < -0.39 is 29.0 Å². The van der Waals surface area contributed by atoms with E-state index in [2.05, 4.69) is 14.7 Å². The van der Waals surface area contributed by atoms with Crippen molar-refractivity contribution >= 4 is 79.7 Å². The van der Waals surface area contributed by atoms with Gasteiger partial charge in [-0.1, -0.05) is 5.16 Å². The Bertz CT molecular complexity index is 1890. The third-order valence-electron chi connectivity index (χ3n) is 7.41. The number of thioether (sulfide) groups is 1. The highest BCUT2D eigenvalue weighted by atomic mass is 32.2. The molecule has 1 amide bonds. The van der Waals surface area contributed by atoms with Gasteiger partial charge in [-0.3, -0.25) is 19.9 Å². The van der Waals surface area contributed by atoms with Crippen LogP contribution in [0.4, 0.5) is 5.13 Å². The van der Waals surface area contributed by atoms with Crippen LogP contribution >= 0.6 is 34.4 Å². The second-order valence-corrected chi connectivity index (χ2v) is 13.2. The Morgan fingerprint density at radius 1 is 1.30 bits per heavy atom. The van der Waals surface area contributed by atoms with E-state index in [9.17, 15) is 19.5 Å². The van der Waals surface area contributed by atoms with Gasteiger partial charge in [0.1, 0.15) is 24.3 Å². The summed E-state index contributed by atoms with van der Waals surface area (Å²) in [6.07, 6.45) is 5.67. The van der Waals surface area contributed by atoms with Crippen molar-refractivity contribution in [1.29, 1.82) is 5.41 Å². The molecule has 6 rings (SSSR count). The molecule has 2 atom stereocenters. The number of carboxylic acid groups (broad SMARTS) is 1. The molecule has 0 unspecified atom stereocenters. The maximum absolute atomic E-state index is 13.3. The Hall–Kier alpha value is -4.54. The summed E-state index contributed by atoms with van der Waals surface area (Å²) in [5, 5.41) is 25.8. The van der Waals surface area contributed by atoms with E-state index >= 15 is 0 Å². The summed E-state index contributed by atoms with van der Waals surface area (Å²) in [6, 6.07) is 5.88. The van der Waals surface area contributed by atoms with Crippen molar-refractivity contribution in [1.82, 2.24) is 14.5 Å². The highest BCUT2D eigenvalue weighted by molar-refractivity contribution is 8.00. The van der Waals surface area contributed by atoms with Crippen molar-refractivity contribution in [3.8, 4) is 0 Å². The molecule has 2 aliphatic heterocycles. The Kier molecular flexibility index (Phi) is 7.96. The van der Waals surface area contributed by atoms with Gasteiger partial charge < -0.3 is 26.0 Å². The Morgan fingerprint density at radius 3 is 2.80 bits per heavy atom. The number of hydrogen-bond acceptors (Lipinski definition) is 11. The van der Waals surface area contributed by atoms with Crippen molar-refractivity contribution < 1.29 is 28.9 Å². The number of carbonyl (C=O) groups is 3. The van der Waals surface area contributed by atoms with Crippen LogP contribution in [0.15, 0.2) is 64.0 Å². The fourth-order valence-corrected chi connectivity index (χ4v) is 8.22. The normalized spacial score (nSPS) is 18.3. The van der Waals surface area contributed by atoms with Crippen molar-refractivity contribution in [3.05, 3.63) is 75.0 Å². The van der Waals surface area contributed by atoms with Crippen LogP contribution in [0.2, 0.25) is 0 Å². The van der Waals surface area contributed by atoms with E-state index in [1.54, 1.807) is 16.7 Å². The first-order valence-corrected chi connectivity index (χ1v) is 16.1. The molecule has 0 aromatic carbocycles. The number of aliphatic carboxylic acids is 1. The minimum atomic E-state index is -1.18. The Balaban J connectivity index is 1.18. The molecule has 0 aliphatic carbocycles. The van der Waals surface area contributed by atoms with Gasteiger partial charge in [-0.25, -0.2) is 14.3 Å². The summed E-state index contributed by atoms with van der Waals surface area (Å²) in [5.41, 5.74) is 13.8. The Morgan fingerprint density at radius 2 is 2.11 bits per heavy atom. The van der Waals surface area contributed by atoms with Crippen LogP contribution in [0.5, 0.6) is 0 Å². The standard InChI is InChI=1S/C28H26N8O5S3/c1-41-33-22(19-13-44-28(31)32-19)21(37)7-18-25(38)36-23(27(39)40)16(12-43-26(18)36)9-34-4-3-20-14(8-34)2-5-35(20)10-17-6-15(11-42-17)24(29)30/h2-6,8,11,13,18,26H,7,9-10,12H2,1H3,(H5-,29,30,31,32,39,40)/p+1/b33-22-/t18-,26-/m1/s1. The summed E-state index contributed by atoms with van der Waals surface area (Å²) >= 11 is 4.14. The second-order valence-electron chi connectivity index (χ2n) is 10.2. The van der Waals surface area contributed by atoms with Gasteiger partial charge in [0.2, 0.25) is 5.91 Å². The number of oxime groups is 1. The van der Waals surface area contributed by atoms with Gasteiger partial charge in [0, 0.05) is 51.2 Å². The van der Waals surface area contributed by atoms with Gasteiger partial charge >= 0.3 is 5.97 Å². The molecule has 4 aromatic heterocycles. The highest BCUT2D eigenvalue weighted by Gasteiger charge is 2.54. The zero-order valence-electron chi connectivity index (χ0n) is 23.3. The number of nitrogen functional groups attached to an aromatic ring is 2. The lowest BCUT2D eigenvalue weighted by Crippen LogP contribution is -2.62. The summed E-state index contributed by atoms with van der Waals surface area (Å²) in [7, 11) is 1.31. The predicted octanol–water partition coefficient (Wildman–Crippen LogP) is 2.24. The number of ketones is 1. The number of fused-ring (bicyclic) bond motifs is 2. The van der Waals surface area contributed by atoms with Crippen LogP contribution in [-0.4, -0.2) is 67.0 Å². The first-order chi connectivity index (χ1) is 21.1. The van der Waals surface area contributed by atoms with Crippen LogP contribution in [0, 0.1) is 11.3 Å². The molecule has 4 aromatic rings. The molecule has 44 heavy (non-hydrogen) atoms. The molecule has 0 saturated carbocycles. The third kappa shape index (κ3) is 5.46. The maximum atomic E-state index is 13.3. The van der Waals surface area contributed by atoms with Crippen molar-refractivity contribution in [2.75, 3.05) is 18.6 Å². The maximum Gasteiger partial charge on any atom is 0.352 e. The van der Waals surface area contributed by atoms with Crippen LogP contribution in [0.1, 0.15) is 22.6 Å². The lowest BCUT2D eigenvalue weighted by Gasteiger charge is -2.49. The monoisotopic (exact) mass is 651 g/mol. The average molecular weight is 652 g/mol. The number of nitrogens with zero attached hydrogens (tertiary/aromatic N) is 5. The number of anilines is 1. The number of hydrogen-bond donors (Lipinski definition) is 4. The second kappa shape index (κ2) is 11.9. The molecule has 6 N–H and O–H groups in total. The molecule has 0 radical (unpaired) electrons. The number of nitrogens with one attached hydrogen (secondary N) is 1. The SMILES string of the molecule is CO/N=C(\C(=O)C[C@@H]1C(=O)N2C(C(=O)O)=C(C[n+]3ccc4c(ccn4Cc4cc(C(=N)N)cs4)c3)CS[C@H]12)c1csc(N)n1. The topological polar surface area (TPSA) is 194 Å². The van der Waals surface area contributed by atoms with Gasteiger partial charge in [0.05, 0.1) is 28.7 Å². The van der Waals surface area contributed by atoms with Crippen molar-refractivity contribution in [3.63, 3.8) is 0 Å². The molecule has 0 bridgehead atoms. The zero-order chi connectivity index (χ0) is 31.1. The lowest BCUT2D eigenvalue weighted by atomic mass is 9.89. The number of aromatic nitrogens is 3. The minimum absolute atomic E-state index is 0.0287. The van der Waals surface area contributed by atoms with E-state index in [4.69, 9.17) is 21.7 Å². The minimum Gasteiger partial charge on any atom is -0.477 e. The molecule has 1 saturated heterocycles. The number of thiophene rings is 1. The van der Waals surface area contributed by atoms with E-state index in [-0.39, 0.29) is 34.5 Å². The summed E-state index contributed by atoms with van der Waals surface area (Å²) in [5.74, 6) is -2.29. The van der Waals surface area contributed by atoms with E-state index in [1.165, 1.54) is 23.8 Å².